The monoisotopic (exact) mass is 317 g/mol. The lowest BCUT2D eigenvalue weighted by molar-refractivity contribution is -0.693. The molecule has 0 bridgehead atoms. The number of hydrogen-bond donors (Lipinski definition) is 2. The van der Waals surface area contributed by atoms with E-state index in [1.165, 1.54) is 11.3 Å². The summed E-state index contributed by atoms with van der Waals surface area (Å²) in [6.07, 6.45) is 0. The average Bonchev–Trinajstić information content (AvgIpc) is 2.78. The van der Waals surface area contributed by atoms with Gasteiger partial charge in [-0.15, -0.1) is 11.3 Å². The number of amidine groups is 1. The molecule has 3 N–H and O–H groups in total. The third kappa shape index (κ3) is 1.37. The van der Waals surface area contributed by atoms with Crippen molar-refractivity contribution in [3.63, 3.8) is 0 Å². The largest absolute Gasteiger partial charge is 0.343 e. The number of fused-ring (bicyclic) bond motifs is 1. The van der Waals surface area contributed by atoms with E-state index in [1.54, 1.807) is 0 Å². The molecule has 0 spiro atoms. The number of thiophene rings is 1. The Bertz CT molecular complexity index is 696. The van der Waals surface area contributed by atoms with Crippen molar-refractivity contribution in [3.8, 4) is 12.1 Å². The minimum atomic E-state index is -1.39. The minimum absolute atomic E-state index is 0.247. The van der Waals surface area contributed by atoms with Gasteiger partial charge in [0.1, 0.15) is 0 Å². The van der Waals surface area contributed by atoms with Crippen molar-refractivity contribution in [2.24, 2.45) is 16.6 Å². The van der Waals surface area contributed by atoms with E-state index in [2.05, 4.69) is 17.1 Å². The molecule has 7 heteroatoms. The molecular formula is C15H17N4O2S+. The first kappa shape index (κ1) is 15.0. The van der Waals surface area contributed by atoms with E-state index in [0.29, 0.717) is 13.2 Å². The van der Waals surface area contributed by atoms with Gasteiger partial charge in [0.25, 0.3) is 5.84 Å². The summed E-state index contributed by atoms with van der Waals surface area (Å²) in [5.41, 5.74) is 3.82. The number of nitrogens with two attached hydrogens (primary N) is 1. The number of rotatable bonds is 5. The van der Waals surface area contributed by atoms with E-state index in [9.17, 15) is 10.5 Å². The second-order valence-corrected chi connectivity index (χ2v) is 6.29. The van der Waals surface area contributed by atoms with Crippen LogP contribution in [0.1, 0.15) is 24.6 Å². The van der Waals surface area contributed by atoms with Gasteiger partial charge in [0.15, 0.2) is 10.8 Å². The molecule has 3 atom stereocenters. The van der Waals surface area contributed by atoms with Gasteiger partial charge in [0, 0.05) is 4.88 Å². The Hall–Kier alpha value is -1.93. The van der Waals surface area contributed by atoms with Crippen LogP contribution in [0.5, 0.6) is 0 Å². The third-order valence-electron chi connectivity index (χ3n) is 4.52. The Labute approximate surface area is 132 Å². The van der Waals surface area contributed by atoms with Crippen LogP contribution in [-0.2, 0) is 9.47 Å². The van der Waals surface area contributed by atoms with Crippen molar-refractivity contribution in [1.29, 1.82) is 10.5 Å². The van der Waals surface area contributed by atoms with Crippen LogP contribution >= 0.6 is 11.3 Å². The van der Waals surface area contributed by atoms with Gasteiger partial charge >= 0.3 is 5.91 Å². The Morgan fingerprint density at radius 3 is 2.45 bits per heavy atom. The molecule has 1 aromatic rings. The SMILES string of the molecule is CCOC1(OCC)[NH+]=C(N)[C@@]2(C#N)[C@H](c3cccs3)[C@@]12C#N. The smallest absolute Gasteiger partial charge is 0.314 e. The molecule has 1 saturated carbocycles. The highest BCUT2D eigenvalue weighted by molar-refractivity contribution is 7.10. The molecule has 0 amide bonds. The highest BCUT2D eigenvalue weighted by Crippen LogP contribution is 2.79. The van der Waals surface area contributed by atoms with Crippen LogP contribution in [0.3, 0.4) is 0 Å². The predicted octanol–water partition coefficient (Wildman–Crippen LogP) is 0.0435. The summed E-state index contributed by atoms with van der Waals surface area (Å²) in [5.74, 6) is -1.49. The summed E-state index contributed by atoms with van der Waals surface area (Å²) >= 11 is 1.51. The third-order valence-corrected chi connectivity index (χ3v) is 5.46. The lowest BCUT2D eigenvalue weighted by Gasteiger charge is -2.29. The fourth-order valence-electron chi connectivity index (χ4n) is 3.74. The normalized spacial score (nSPS) is 34.4. The van der Waals surface area contributed by atoms with Crippen molar-refractivity contribution in [1.82, 2.24) is 0 Å². The molecule has 0 radical (unpaired) electrons. The number of ether oxygens (including phenoxy) is 2. The Morgan fingerprint density at radius 2 is 2.00 bits per heavy atom. The van der Waals surface area contributed by atoms with Gasteiger partial charge in [-0.1, -0.05) is 6.07 Å². The van der Waals surface area contributed by atoms with E-state index in [0.717, 1.165) is 4.88 Å². The second-order valence-electron chi connectivity index (χ2n) is 5.31. The standard InChI is InChI=1S/C15H16N4O2S/c1-3-20-15(21-4-2)14(9-17)11(10-6-5-7-22-10)13(14,8-16)12(18)19-15/h5-7,11H,3-4H2,1-2H3,(H2,18,19)/p+1/t11-,13+,14+/m0/s1. The van der Waals surface area contributed by atoms with Crippen LogP contribution in [0.15, 0.2) is 17.5 Å². The molecule has 22 heavy (non-hydrogen) atoms. The molecule has 3 rings (SSSR count). The first-order chi connectivity index (χ1) is 10.6. The summed E-state index contributed by atoms with van der Waals surface area (Å²) in [7, 11) is 0. The maximum Gasteiger partial charge on any atom is 0.343 e. The molecule has 0 unspecified atom stereocenters. The summed E-state index contributed by atoms with van der Waals surface area (Å²) in [4.78, 5) is 3.89. The zero-order valence-electron chi connectivity index (χ0n) is 12.4. The van der Waals surface area contributed by atoms with E-state index >= 15 is 0 Å². The molecule has 2 heterocycles. The highest BCUT2D eigenvalue weighted by atomic mass is 32.1. The molecule has 0 aromatic carbocycles. The van der Waals surface area contributed by atoms with Crippen molar-refractivity contribution in [2.45, 2.75) is 25.7 Å². The quantitative estimate of drug-likeness (QED) is 0.746. The molecule has 1 aromatic heterocycles. The molecule has 0 saturated heterocycles. The molecule has 1 aliphatic carbocycles. The first-order valence-corrected chi connectivity index (χ1v) is 8.03. The summed E-state index contributed by atoms with van der Waals surface area (Å²) in [6.45, 7) is 4.31. The first-order valence-electron chi connectivity index (χ1n) is 7.15. The Balaban J connectivity index is 2.22. The van der Waals surface area contributed by atoms with Gasteiger partial charge in [-0.2, -0.15) is 10.5 Å². The van der Waals surface area contributed by atoms with Crippen LogP contribution in [0, 0.1) is 33.5 Å². The van der Waals surface area contributed by atoms with Crippen LogP contribution in [0.25, 0.3) is 0 Å². The molecular weight excluding hydrogens is 300 g/mol. The van der Waals surface area contributed by atoms with Crippen LogP contribution < -0.4 is 10.7 Å². The zero-order valence-corrected chi connectivity index (χ0v) is 13.2. The molecule has 114 valence electrons. The van der Waals surface area contributed by atoms with E-state index in [-0.39, 0.29) is 11.8 Å². The average molecular weight is 317 g/mol. The second kappa shape index (κ2) is 4.79. The lowest BCUT2D eigenvalue weighted by Crippen LogP contribution is -2.91. The topological polar surface area (TPSA) is 106 Å². The van der Waals surface area contributed by atoms with Gasteiger partial charge in [0.05, 0.1) is 31.3 Å². The van der Waals surface area contributed by atoms with Gasteiger partial charge in [-0.25, -0.2) is 4.99 Å². The maximum absolute atomic E-state index is 9.97. The van der Waals surface area contributed by atoms with Crippen LogP contribution in [0.4, 0.5) is 0 Å². The van der Waals surface area contributed by atoms with Gasteiger partial charge in [-0.3, -0.25) is 5.73 Å². The molecule has 2 aliphatic rings. The number of hydrogen-bond acceptors (Lipinski definition) is 6. The Kier molecular flexibility index (Phi) is 3.26. The van der Waals surface area contributed by atoms with Gasteiger partial charge in [0.2, 0.25) is 0 Å². The molecule has 6 nitrogen and oxygen atoms in total. The maximum atomic E-state index is 9.97. The fraction of sp³-hybridized carbons (Fsp3) is 0.533. The summed E-state index contributed by atoms with van der Waals surface area (Å²) in [5, 5.41) is 21.7. The number of nitriles is 2. The molecule has 1 fully saturated rings. The minimum Gasteiger partial charge on any atom is -0.314 e. The van der Waals surface area contributed by atoms with Crippen molar-refractivity contribution in [3.05, 3.63) is 22.4 Å². The van der Waals surface area contributed by atoms with Crippen molar-refractivity contribution >= 4 is 17.2 Å². The summed E-state index contributed by atoms with van der Waals surface area (Å²) in [6, 6.07) is 8.39. The van der Waals surface area contributed by atoms with Crippen molar-refractivity contribution in [2.75, 3.05) is 13.2 Å². The van der Waals surface area contributed by atoms with Crippen molar-refractivity contribution < 1.29 is 14.5 Å². The number of nitrogens with one attached hydrogen (secondary N) is 1. The predicted molar refractivity (Wildman–Crippen MR) is 79.3 cm³/mol. The van der Waals surface area contributed by atoms with E-state index < -0.39 is 16.7 Å². The van der Waals surface area contributed by atoms with Crippen LogP contribution in [-0.4, -0.2) is 25.0 Å². The van der Waals surface area contributed by atoms with Crippen LogP contribution in [0.2, 0.25) is 0 Å². The molecule has 1 aliphatic heterocycles. The highest BCUT2D eigenvalue weighted by Gasteiger charge is 2.97. The van der Waals surface area contributed by atoms with Gasteiger partial charge in [-0.05, 0) is 25.3 Å². The Morgan fingerprint density at radius 1 is 1.32 bits per heavy atom. The number of nitrogens with zero attached hydrogens (tertiary/aromatic N) is 2. The zero-order chi connectivity index (χ0) is 16.0. The van der Waals surface area contributed by atoms with Gasteiger partial charge < -0.3 is 9.47 Å². The fourth-order valence-corrected chi connectivity index (χ4v) is 4.70. The van der Waals surface area contributed by atoms with E-state index in [1.807, 2.05) is 31.4 Å². The van der Waals surface area contributed by atoms with E-state index in [4.69, 9.17) is 15.2 Å². The summed E-state index contributed by atoms with van der Waals surface area (Å²) < 4.78 is 11.6. The lowest BCUT2D eigenvalue weighted by atomic mass is 9.93.